The highest BCUT2D eigenvalue weighted by molar-refractivity contribution is 5.62. The minimum atomic E-state index is -0.833. The van der Waals surface area contributed by atoms with Crippen molar-refractivity contribution in [1.29, 1.82) is 0 Å². The molecule has 14 heavy (non-hydrogen) atoms. The van der Waals surface area contributed by atoms with E-state index in [1.165, 1.54) is 0 Å². The van der Waals surface area contributed by atoms with Crippen LogP contribution in [0.4, 0.5) is 0 Å². The molecular weight excluding hydrogens is 186 g/mol. The molecule has 1 aliphatic rings. The van der Waals surface area contributed by atoms with E-state index in [1.54, 1.807) is 0 Å². The van der Waals surface area contributed by atoms with Gasteiger partial charge >= 0.3 is 0 Å². The zero-order valence-electron chi connectivity index (χ0n) is 8.36. The molecule has 0 aromatic carbocycles. The normalized spacial score (nSPS) is 16.4. The summed E-state index contributed by atoms with van der Waals surface area (Å²) in [6, 6.07) is 0. The molecule has 0 bridgehead atoms. The van der Waals surface area contributed by atoms with Crippen molar-refractivity contribution in [1.82, 2.24) is 5.32 Å². The molecule has 0 aromatic rings. The summed E-state index contributed by atoms with van der Waals surface area (Å²) in [5, 5.41) is 10.7. The lowest BCUT2D eigenvalue weighted by molar-refractivity contribution is -0.134. The Morgan fingerprint density at radius 3 is 2.50 bits per heavy atom. The number of carboxylic acids is 1. The van der Waals surface area contributed by atoms with Gasteiger partial charge in [-0.2, -0.15) is 0 Å². The van der Waals surface area contributed by atoms with Gasteiger partial charge in [-0.05, 0) is 31.8 Å². The average molecular weight is 203 g/mol. The van der Waals surface area contributed by atoms with Gasteiger partial charge in [0.25, 0.3) is 12.4 Å². The SMILES string of the molecule is CC(=O)O.O=COCC1CCNCC1. The Bertz CT molecular complexity index is 162. The summed E-state index contributed by atoms with van der Waals surface area (Å²) in [6.07, 6.45) is 2.27. The summed E-state index contributed by atoms with van der Waals surface area (Å²) in [4.78, 5) is 18.8. The van der Waals surface area contributed by atoms with Gasteiger partial charge < -0.3 is 15.2 Å². The van der Waals surface area contributed by atoms with Crippen LogP contribution in [0.1, 0.15) is 19.8 Å². The fraction of sp³-hybridized carbons (Fsp3) is 0.778. The van der Waals surface area contributed by atoms with Gasteiger partial charge in [0, 0.05) is 6.92 Å². The van der Waals surface area contributed by atoms with Crippen LogP contribution in [0.25, 0.3) is 0 Å². The summed E-state index contributed by atoms with van der Waals surface area (Å²) in [5.41, 5.74) is 0. The maximum absolute atomic E-state index is 9.81. The number of hydrogen-bond donors (Lipinski definition) is 2. The maximum atomic E-state index is 9.81. The molecule has 1 saturated heterocycles. The van der Waals surface area contributed by atoms with Gasteiger partial charge in [-0.25, -0.2) is 0 Å². The second-order valence-corrected chi connectivity index (χ2v) is 3.14. The third-order valence-electron chi connectivity index (χ3n) is 1.86. The first-order valence-electron chi connectivity index (χ1n) is 4.62. The fourth-order valence-corrected chi connectivity index (χ4v) is 1.22. The van der Waals surface area contributed by atoms with E-state index in [9.17, 15) is 4.79 Å². The molecule has 0 aliphatic carbocycles. The lowest BCUT2D eigenvalue weighted by Gasteiger charge is -2.20. The molecule has 1 rings (SSSR count). The van der Waals surface area contributed by atoms with Crippen LogP contribution in [0, 0.1) is 5.92 Å². The van der Waals surface area contributed by atoms with Crippen LogP contribution in [0.3, 0.4) is 0 Å². The van der Waals surface area contributed by atoms with Crippen molar-refractivity contribution >= 4 is 12.4 Å². The quantitative estimate of drug-likeness (QED) is 0.643. The number of ether oxygens (including phenoxy) is 1. The molecule has 0 aromatic heterocycles. The zero-order chi connectivity index (χ0) is 10.8. The number of rotatable bonds is 3. The number of carbonyl (C=O) groups excluding carboxylic acids is 1. The van der Waals surface area contributed by atoms with E-state index in [4.69, 9.17) is 9.90 Å². The number of nitrogens with one attached hydrogen (secondary N) is 1. The number of hydrogen-bond acceptors (Lipinski definition) is 4. The summed E-state index contributed by atoms with van der Waals surface area (Å²) in [7, 11) is 0. The van der Waals surface area contributed by atoms with E-state index in [0.717, 1.165) is 32.9 Å². The molecule has 0 radical (unpaired) electrons. The number of carboxylic acid groups (broad SMARTS) is 1. The van der Waals surface area contributed by atoms with Crippen molar-refractivity contribution in [3.8, 4) is 0 Å². The second kappa shape index (κ2) is 8.50. The van der Waals surface area contributed by atoms with E-state index < -0.39 is 5.97 Å². The Balaban J connectivity index is 0.000000364. The van der Waals surface area contributed by atoms with E-state index in [0.29, 0.717) is 19.0 Å². The van der Waals surface area contributed by atoms with E-state index in [1.807, 2.05) is 0 Å². The van der Waals surface area contributed by atoms with Gasteiger partial charge in [-0.15, -0.1) is 0 Å². The van der Waals surface area contributed by atoms with Crippen molar-refractivity contribution in [2.24, 2.45) is 5.92 Å². The van der Waals surface area contributed by atoms with Gasteiger partial charge in [-0.1, -0.05) is 0 Å². The van der Waals surface area contributed by atoms with E-state index in [-0.39, 0.29) is 0 Å². The molecule has 0 unspecified atom stereocenters. The monoisotopic (exact) mass is 203 g/mol. The van der Waals surface area contributed by atoms with Crippen LogP contribution in [0.2, 0.25) is 0 Å². The standard InChI is InChI=1S/C7H13NO2.C2H4O2/c9-6-10-5-7-1-3-8-4-2-7;1-2(3)4/h6-8H,1-5H2;1H3,(H,3,4). The highest BCUT2D eigenvalue weighted by atomic mass is 16.5. The summed E-state index contributed by atoms with van der Waals surface area (Å²) >= 11 is 0. The molecule has 1 heterocycles. The minimum absolute atomic E-state index is 0.530. The molecule has 1 aliphatic heterocycles. The van der Waals surface area contributed by atoms with Crippen molar-refractivity contribution in [2.45, 2.75) is 19.8 Å². The predicted molar refractivity (Wildman–Crippen MR) is 50.9 cm³/mol. The minimum Gasteiger partial charge on any atom is -0.481 e. The third-order valence-corrected chi connectivity index (χ3v) is 1.86. The Morgan fingerprint density at radius 1 is 1.57 bits per heavy atom. The summed E-state index contributed by atoms with van der Waals surface area (Å²) < 4.78 is 4.66. The Hall–Kier alpha value is -1.10. The summed E-state index contributed by atoms with van der Waals surface area (Å²) in [6.45, 7) is 4.34. The molecular formula is C9H17NO4. The second-order valence-electron chi connectivity index (χ2n) is 3.14. The Morgan fingerprint density at radius 2 is 2.07 bits per heavy atom. The third kappa shape index (κ3) is 8.99. The van der Waals surface area contributed by atoms with Gasteiger partial charge in [-0.3, -0.25) is 9.59 Å². The van der Waals surface area contributed by atoms with Gasteiger partial charge in [0.2, 0.25) is 0 Å². The number of piperidine rings is 1. The molecule has 0 amide bonds. The first-order chi connectivity index (χ1) is 6.66. The maximum Gasteiger partial charge on any atom is 0.300 e. The molecule has 0 atom stereocenters. The first-order valence-corrected chi connectivity index (χ1v) is 4.62. The first kappa shape index (κ1) is 12.9. The van der Waals surface area contributed by atoms with Crippen molar-refractivity contribution in [3.63, 3.8) is 0 Å². The van der Waals surface area contributed by atoms with Gasteiger partial charge in [0.05, 0.1) is 6.61 Å². The molecule has 5 heteroatoms. The Labute approximate surface area is 83.4 Å². The van der Waals surface area contributed by atoms with E-state index >= 15 is 0 Å². The Kier molecular flexibility index (Phi) is 7.83. The molecule has 5 nitrogen and oxygen atoms in total. The smallest absolute Gasteiger partial charge is 0.300 e. The van der Waals surface area contributed by atoms with Crippen LogP contribution in [-0.2, 0) is 14.3 Å². The van der Waals surface area contributed by atoms with Gasteiger partial charge in [0.15, 0.2) is 0 Å². The van der Waals surface area contributed by atoms with Crippen LogP contribution in [0.5, 0.6) is 0 Å². The number of carbonyl (C=O) groups is 2. The average Bonchev–Trinajstić information content (AvgIpc) is 2.15. The van der Waals surface area contributed by atoms with Crippen molar-refractivity contribution in [2.75, 3.05) is 19.7 Å². The molecule has 0 spiro atoms. The van der Waals surface area contributed by atoms with Gasteiger partial charge in [0.1, 0.15) is 0 Å². The van der Waals surface area contributed by atoms with Crippen molar-refractivity contribution < 1.29 is 19.4 Å². The van der Waals surface area contributed by atoms with Crippen LogP contribution in [0.15, 0.2) is 0 Å². The molecule has 1 fully saturated rings. The predicted octanol–water partition coefficient (Wildman–Crippen LogP) is 0.250. The van der Waals surface area contributed by atoms with Crippen LogP contribution in [-0.4, -0.2) is 37.2 Å². The van der Waals surface area contributed by atoms with Crippen LogP contribution >= 0.6 is 0 Å². The largest absolute Gasteiger partial charge is 0.481 e. The van der Waals surface area contributed by atoms with Crippen molar-refractivity contribution in [3.05, 3.63) is 0 Å². The molecule has 2 N–H and O–H groups in total. The topological polar surface area (TPSA) is 75.6 Å². The highest BCUT2D eigenvalue weighted by Gasteiger charge is 2.12. The number of aliphatic carboxylic acids is 1. The molecule has 0 saturated carbocycles. The lowest BCUT2D eigenvalue weighted by Crippen LogP contribution is -2.29. The highest BCUT2D eigenvalue weighted by Crippen LogP contribution is 2.10. The van der Waals surface area contributed by atoms with E-state index in [2.05, 4.69) is 10.1 Å². The zero-order valence-corrected chi connectivity index (χ0v) is 8.36. The molecule has 82 valence electrons. The summed E-state index contributed by atoms with van der Waals surface area (Å²) in [5.74, 6) is -0.244. The lowest BCUT2D eigenvalue weighted by atomic mass is 10.00. The fourth-order valence-electron chi connectivity index (χ4n) is 1.22. The van der Waals surface area contributed by atoms with Crippen LogP contribution < -0.4 is 5.32 Å².